The van der Waals surface area contributed by atoms with Gasteiger partial charge in [-0.15, -0.1) is 11.3 Å². The molecule has 0 nitrogen and oxygen atoms in total. The highest BCUT2D eigenvalue weighted by Crippen LogP contribution is 2.42. The molecule has 0 unspecified atom stereocenters. The Bertz CT molecular complexity index is 709. The van der Waals surface area contributed by atoms with Crippen LogP contribution in [0.5, 0.6) is 0 Å². The van der Waals surface area contributed by atoms with Crippen molar-refractivity contribution in [2.75, 3.05) is 0 Å². The highest BCUT2D eigenvalue weighted by molar-refractivity contribution is 9.10. The van der Waals surface area contributed by atoms with Crippen LogP contribution in [0.3, 0.4) is 0 Å². The van der Waals surface area contributed by atoms with Crippen LogP contribution in [-0.2, 0) is 12.8 Å². The van der Waals surface area contributed by atoms with Gasteiger partial charge in [0.25, 0.3) is 0 Å². The van der Waals surface area contributed by atoms with Crippen molar-refractivity contribution >= 4 is 59.0 Å². The van der Waals surface area contributed by atoms with Gasteiger partial charge in [-0.2, -0.15) is 0 Å². The van der Waals surface area contributed by atoms with Crippen LogP contribution in [0.15, 0.2) is 28.7 Å². The summed E-state index contributed by atoms with van der Waals surface area (Å²) < 4.78 is 3.94. The second-order valence-corrected chi connectivity index (χ2v) is 6.90. The zero-order chi connectivity index (χ0) is 13.6. The summed E-state index contributed by atoms with van der Waals surface area (Å²) in [6.07, 6.45) is 2.02. The maximum absolute atomic E-state index is 6.33. The molecule has 1 heterocycles. The molecule has 0 radical (unpaired) electrons. The predicted octanol–water partition coefficient (Wildman–Crippen LogP) is 6.60. The minimum absolute atomic E-state index is 0.888. The molecule has 3 heteroatoms. The van der Waals surface area contributed by atoms with Crippen molar-refractivity contribution in [3.8, 4) is 0 Å². The van der Waals surface area contributed by atoms with E-state index in [4.69, 9.17) is 11.6 Å². The van der Waals surface area contributed by atoms with E-state index in [1.165, 1.54) is 35.8 Å². The lowest BCUT2D eigenvalue weighted by Crippen LogP contribution is -1.82. The van der Waals surface area contributed by atoms with Crippen LogP contribution >= 0.6 is 38.9 Å². The van der Waals surface area contributed by atoms with E-state index in [0.717, 1.165) is 17.9 Å². The first-order valence-corrected chi connectivity index (χ1v) is 8.47. The highest BCUT2D eigenvalue weighted by Gasteiger charge is 2.14. The fourth-order valence-electron chi connectivity index (χ4n) is 2.63. The Morgan fingerprint density at radius 2 is 1.53 bits per heavy atom. The third-order valence-electron chi connectivity index (χ3n) is 3.61. The normalized spacial score (nSPS) is 11.6. The van der Waals surface area contributed by atoms with Gasteiger partial charge in [-0.1, -0.05) is 53.5 Å². The molecule has 3 rings (SSSR count). The second-order valence-electron chi connectivity index (χ2n) is 4.61. The zero-order valence-corrected chi connectivity index (χ0v) is 14.0. The summed E-state index contributed by atoms with van der Waals surface area (Å²) in [5.41, 5.74) is 2.68. The van der Waals surface area contributed by atoms with Crippen LogP contribution in [-0.4, -0.2) is 0 Å². The molecule has 0 spiro atoms. The predicted molar refractivity (Wildman–Crippen MR) is 90.8 cm³/mol. The van der Waals surface area contributed by atoms with E-state index in [1.54, 1.807) is 0 Å². The lowest BCUT2D eigenvalue weighted by molar-refractivity contribution is 1.15. The average molecular weight is 354 g/mol. The smallest absolute Gasteiger partial charge is 0.0452 e. The Kier molecular flexibility index (Phi) is 3.59. The van der Waals surface area contributed by atoms with Gasteiger partial charge in [0.2, 0.25) is 0 Å². The van der Waals surface area contributed by atoms with Crippen molar-refractivity contribution in [3.05, 3.63) is 44.9 Å². The molecule has 0 fully saturated rings. The molecule has 0 saturated heterocycles. The molecule has 98 valence electrons. The minimum Gasteiger partial charge on any atom is -0.135 e. The van der Waals surface area contributed by atoms with Gasteiger partial charge in [0.15, 0.2) is 0 Å². The van der Waals surface area contributed by atoms with E-state index in [-0.39, 0.29) is 0 Å². The van der Waals surface area contributed by atoms with Crippen LogP contribution in [0.25, 0.3) is 20.2 Å². The van der Waals surface area contributed by atoms with Gasteiger partial charge < -0.3 is 0 Å². The van der Waals surface area contributed by atoms with Crippen LogP contribution < -0.4 is 0 Å². The van der Waals surface area contributed by atoms with E-state index in [2.05, 4.69) is 48.0 Å². The lowest BCUT2D eigenvalue weighted by Gasteiger charge is -2.02. The van der Waals surface area contributed by atoms with Gasteiger partial charge in [-0.05, 0) is 36.1 Å². The lowest BCUT2D eigenvalue weighted by atomic mass is 10.1. The van der Waals surface area contributed by atoms with Crippen molar-refractivity contribution in [2.24, 2.45) is 0 Å². The Labute approximate surface area is 130 Å². The van der Waals surface area contributed by atoms with E-state index in [0.29, 0.717) is 0 Å². The SMILES string of the molecule is CCc1c(Cl)ccc2c1sc1c(CC)c(Br)ccc12. The Morgan fingerprint density at radius 1 is 0.947 bits per heavy atom. The highest BCUT2D eigenvalue weighted by atomic mass is 79.9. The fourth-order valence-corrected chi connectivity index (χ4v) is 5.25. The topological polar surface area (TPSA) is 0 Å². The number of rotatable bonds is 2. The number of aryl methyl sites for hydroxylation is 2. The maximum atomic E-state index is 6.33. The quantitative estimate of drug-likeness (QED) is 0.487. The van der Waals surface area contributed by atoms with Crippen LogP contribution in [0, 0.1) is 0 Å². The average Bonchev–Trinajstić information content (AvgIpc) is 2.77. The number of benzene rings is 2. The summed E-state index contributed by atoms with van der Waals surface area (Å²) in [4.78, 5) is 0. The molecule has 3 aromatic rings. The fraction of sp³-hybridized carbons (Fsp3) is 0.250. The number of hydrogen-bond acceptors (Lipinski definition) is 1. The van der Waals surface area contributed by atoms with Gasteiger partial charge in [0.05, 0.1) is 0 Å². The van der Waals surface area contributed by atoms with Crippen molar-refractivity contribution in [1.29, 1.82) is 0 Å². The first-order valence-electron chi connectivity index (χ1n) is 6.48. The van der Waals surface area contributed by atoms with E-state index in [9.17, 15) is 0 Å². The van der Waals surface area contributed by atoms with Gasteiger partial charge in [-0.3, -0.25) is 0 Å². The molecular formula is C16H14BrClS. The molecule has 2 aromatic carbocycles. The van der Waals surface area contributed by atoms with E-state index >= 15 is 0 Å². The summed E-state index contributed by atoms with van der Waals surface area (Å²) in [6.45, 7) is 4.37. The molecule has 0 N–H and O–H groups in total. The van der Waals surface area contributed by atoms with Crippen molar-refractivity contribution < 1.29 is 0 Å². The third kappa shape index (κ3) is 2.01. The summed E-state index contributed by atoms with van der Waals surface area (Å²) in [6, 6.07) is 8.56. The van der Waals surface area contributed by atoms with Crippen molar-refractivity contribution in [3.63, 3.8) is 0 Å². The standard InChI is InChI=1S/C16H14BrClS/c1-3-9-13(17)7-5-11-12-6-8-14(18)10(4-2)16(12)19-15(9)11/h5-8H,3-4H2,1-2H3. The Balaban J connectivity index is 2.51. The van der Waals surface area contributed by atoms with Crippen LogP contribution in [0.4, 0.5) is 0 Å². The monoisotopic (exact) mass is 352 g/mol. The first kappa shape index (κ1) is 13.4. The summed E-state index contributed by atoms with van der Waals surface area (Å²) in [7, 11) is 0. The van der Waals surface area contributed by atoms with Gasteiger partial charge in [0, 0.05) is 29.7 Å². The molecule has 1 aromatic heterocycles. The van der Waals surface area contributed by atoms with Crippen molar-refractivity contribution in [2.45, 2.75) is 26.7 Å². The van der Waals surface area contributed by atoms with Gasteiger partial charge in [-0.25, -0.2) is 0 Å². The molecule has 0 aliphatic rings. The third-order valence-corrected chi connectivity index (χ3v) is 6.05. The molecule has 0 bridgehead atoms. The van der Waals surface area contributed by atoms with Crippen LogP contribution in [0.1, 0.15) is 25.0 Å². The largest absolute Gasteiger partial charge is 0.135 e. The molecule has 0 aliphatic heterocycles. The first-order chi connectivity index (χ1) is 9.17. The summed E-state index contributed by atoms with van der Waals surface area (Å²) in [5.74, 6) is 0. The molecular weight excluding hydrogens is 340 g/mol. The van der Waals surface area contributed by atoms with E-state index in [1.807, 2.05) is 17.4 Å². The molecule has 0 atom stereocenters. The molecule has 0 aliphatic carbocycles. The van der Waals surface area contributed by atoms with Crippen molar-refractivity contribution in [1.82, 2.24) is 0 Å². The molecule has 0 amide bonds. The van der Waals surface area contributed by atoms with Gasteiger partial charge >= 0.3 is 0 Å². The molecule has 0 saturated carbocycles. The van der Waals surface area contributed by atoms with Crippen LogP contribution in [0.2, 0.25) is 5.02 Å². The zero-order valence-electron chi connectivity index (χ0n) is 10.9. The summed E-state index contributed by atoms with van der Waals surface area (Å²) in [5, 5.41) is 3.58. The Morgan fingerprint density at radius 3 is 2.16 bits per heavy atom. The second kappa shape index (κ2) is 5.08. The maximum Gasteiger partial charge on any atom is 0.0452 e. The number of halogens is 2. The molecule has 19 heavy (non-hydrogen) atoms. The number of hydrogen-bond donors (Lipinski definition) is 0. The number of fused-ring (bicyclic) bond motifs is 3. The minimum atomic E-state index is 0.888. The van der Waals surface area contributed by atoms with Gasteiger partial charge in [0.1, 0.15) is 0 Å². The summed E-state index contributed by atoms with van der Waals surface area (Å²) >= 11 is 11.9. The van der Waals surface area contributed by atoms with E-state index < -0.39 is 0 Å². The number of thiophene rings is 1. The Hall–Kier alpha value is -0.570.